The number of carboxylic acids is 1. The highest BCUT2D eigenvalue weighted by Crippen LogP contribution is 2.20. The molecule has 2 aromatic rings. The van der Waals surface area contributed by atoms with Gasteiger partial charge in [0.05, 0.1) is 18.7 Å². The van der Waals surface area contributed by atoms with Crippen LogP contribution in [0.15, 0.2) is 34.9 Å². The van der Waals surface area contributed by atoms with E-state index in [4.69, 9.17) is 5.11 Å². The van der Waals surface area contributed by atoms with E-state index < -0.39 is 17.7 Å². The minimum atomic E-state index is -0.990. The SMILES string of the molecule is O=C(O)CCn1nccc1C(=O)Nc1ccc(Br)cc1F. The molecule has 0 aliphatic rings. The van der Waals surface area contributed by atoms with Crippen molar-refractivity contribution in [1.29, 1.82) is 0 Å². The van der Waals surface area contributed by atoms with Gasteiger partial charge in [-0.2, -0.15) is 5.10 Å². The normalized spacial score (nSPS) is 10.4. The Morgan fingerprint density at radius 1 is 1.38 bits per heavy atom. The minimum Gasteiger partial charge on any atom is -0.481 e. The maximum Gasteiger partial charge on any atom is 0.305 e. The van der Waals surface area contributed by atoms with Crippen LogP contribution < -0.4 is 5.32 Å². The number of anilines is 1. The van der Waals surface area contributed by atoms with Crippen molar-refractivity contribution in [2.75, 3.05) is 5.32 Å². The summed E-state index contributed by atoms with van der Waals surface area (Å²) in [4.78, 5) is 22.6. The van der Waals surface area contributed by atoms with Crippen molar-refractivity contribution < 1.29 is 19.1 Å². The third-order valence-corrected chi connectivity index (χ3v) is 3.16. The fourth-order valence-corrected chi connectivity index (χ4v) is 2.02. The van der Waals surface area contributed by atoms with Crippen LogP contribution >= 0.6 is 15.9 Å². The number of aromatic nitrogens is 2. The highest BCUT2D eigenvalue weighted by atomic mass is 79.9. The summed E-state index contributed by atoms with van der Waals surface area (Å²) in [6.45, 7) is 0.0634. The number of nitrogens with one attached hydrogen (secondary N) is 1. The lowest BCUT2D eigenvalue weighted by atomic mass is 10.3. The van der Waals surface area contributed by atoms with E-state index in [0.717, 1.165) is 0 Å². The fraction of sp³-hybridized carbons (Fsp3) is 0.154. The van der Waals surface area contributed by atoms with Crippen LogP contribution in [-0.4, -0.2) is 26.8 Å². The van der Waals surface area contributed by atoms with Crippen LogP contribution in [0.3, 0.4) is 0 Å². The Hall–Kier alpha value is -2.22. The van der Waals surface area contributed by atoms with Gasteiger partial charge in [0.2, 0.25) is 0 Å². The van der Waals surface area contributed by atoms with E-state index >= 15 is 0 Å². The summed E-state index contributed by atoms with van der Waals surface area (Å²) in [6, 6.07) is 5.70. The molecule has 1 aromatic carbocycles. The molecule has 0 aliphatic carbocycles. The molecule has 0 aliphatic heterocycles. The lowest BCUT2D eigenvalue weighted by Crippen LogP contribution is -2.19. The van der Waals surface area contributed by atoms with Crippen LogP contribution in [0.25, 0.3) is 0 Å². The first-order valence-corrected chi connectivity index (χ1v) is 6.76. The van der Waals surface area contributed by atoms with Gasteiger partial charge < -0.3 is 10.4 Å². The van der Waals surface area contributed by atoms with Crippen molar-refractivity contribution in [1.82, 2.24) is 9.78 Å². The number of rotatable bonds is 5. The summed E-state index contributed by atoms with van der Waals surface area (Å²) in [6.07, 6.45) is 1.23. The number of hydrogen-bond acceptors (Lipinski definition) is 3. The number of carbonyl (C=O) groups is 2. The van der Waals surface area contributed by atoms with Crippen LogP contribution in [0.5, 0.6) is 0 Å². The summed E-state index contributed by atoms with van der Waals surface area (Å²) < 4.78 is 15.5. The second-order valence-corrected chi connectivity index (χ2v) is 5.08. The van der Waals surface area contributed by atoms with Crippen molar-refractivity contribution >= 4 is 33.5 Å². The topological polar surface area (TPSA) is 84.2 Å². The van der Waals surface area contributed by atoms with Crippen molar-refractivity contribution in [2.45, 2.75) is 13.0 Å². The maximum atomic E-state index is 13.7. The van der Waals surface area contributed by atoms with Crippen LogP contribution in [0, 0.1) is 5.82 Å². The van der Waals surface area contributed by atoms with Crippen LogP contribution in [-0.2, 0) is 11.3 Å². The Balaban J connectivity index is 2.13. The molecule has 1 heterocycles. The number of carbonyl (C=O) groups excluding carboxylic acids is 1. The molecular weight excluding hydrogens is 345 g/mol. The second kappa shape index (κ2) is 6.49. The predicted molar refractivity (Wildman–Crippen MR) is 76.5 cm³/mol. The molecule has 8 heteroatoms. The van der Waals surface area contributed by atoms with Gasteiger partial charge in [0.1, 0.15) is 11.5 Å². The van der Waals surface area contributed by atoms with E-state index in [1.807, 2.05) is 0 Å². The zero-order valence-electron chi connectivity index (χ0n) is 10.7. The molecule has 110 valence electrons. The lowest BCUT2D eigenvalue weighted by Gasteiger charge is -2.08. The minimum absolute atomic E-state index is 0.0363. The summed E-state index contributed by atoms with van der Waals surface area (Å²) in [7, 11) is 0. The first-order chi connectivity index (χ1) is 9.97. The highest BCUT2D eigenvalue weighted by molar-refractivity contribution is 9.10. The van der Waals surface area contributed by atoms with Gasteiger partial charge in [0.15, 0.2) is 0 Å². The Labute approximate surface area is 127 Å². The fourth-order valence-electron chi connectivity index (χ4n) is 1.68. The monoisotopic (exact) mass is 355 g/mol. The maximum absolute atomic E-state index is 13.7. The predicted octanol–water partition coefficient (Wildman–Crippen LogP) is 2.51. The molecule has 2 rings (SSSR count). The molecule has 0 saturated carbocycles. The van der Waals surface area contributed by atoms with Crippen molar-refractivity contribution in [2.24, 2.45) is 0 Å². The molecule has 0 radical (unpaired) electrons. The van der Waals surface area contributed by atoms with E-state index in [0.29, 0.717) is 4.47 Å². The molecular formula is C13H11BrFN3O3. The number of halogens is 2. The summed E-state index contributed by atoms with van der Waals surface area (Å²) in [5.41, 5.74) is 0.202. The molecule has 0 unspecified atom stereocenters. The number of benzene rings is 1. The summed E-state index contributed by atoms with van der Waals surface area (Å²) in [5.74, 6) is -2.12. The second-order valence-electron chi connectivity index (χ2n) is 4.16. The average molecular weight is 356 g/mol. The summed E-state index contributed by atoms with van der Waals surface area (Å²) >= 11 is 3.12. The first-order valence-electron chi connectivity index (χ1n) is 5.97. The number of aliphatic carboxylic acids is 1. The van der Waals surface area contributed by atoms with E-state index in [-0.39, 0.29) is 24.3 Å². The largest absolute Gasteiger partial charge is 0.481 e. The average Bonchev–Trinajstić information content (AvgIpc) is 2.88. The van der Waals surface area contributed by atoms with Gasteiger partial charge in [-0.25, -0.2) is 4.39 Å². The van der Waals surface area contributed by atoms with E-state index in [1.165, 1.54) is 29.1 Å². The molecule has 1 amide bonds. The van der Waals surface area contributed by atoms with E-state index in [2.05, 4.69) is 26.3 Å². The van der Waals surface area contributed by atoms with Crippen molar-refractivity contribution in [3.63, 3.8) is 0 Å². The molecule has 0 bridgehead atoms. The number of carboxylic acid groups (broad SMARTS) is 1. The van der Waals surface area contributed by atoms with Gasteiger partial charge in [-0.05, 0) is 24.3 Å². The van der Waals surface area contributed by atoms with Crippen molar-refractivity contribution in [3.05, 3.63) is 46.4 Å². The number of amides is 1. The van der Waals surface area contributed by atoms with Gasteiger partial charge in [-0.1, -0.05) is 15.9 Å². The molecule has 0 saturated heterocycles. The molecule has 1 aromatic heterocycles. The standard InChI is InChI=1S/C13H11BrFN3O3/c14-8-1-2-10(9(15)7-8)17-13(21)11-3-5-16-18(11)6-4-12(19)20/h1-3,5,7H,4,6H2,(H,17,21)(H,19,20). The van der Waals surface area contributed by atoms with Crippen LogP contribution in [0.2, 0.25) is 0 Å². The van der Waals surface area contributed by atoms with E-state index in [9.17, 15) is 14.0 Å². The highest BCUT2D eigenvalue weighted by Gasteiger charge is 2.14. The Morgan fingerprint density at radius 3 is 2.81 bits per heavy atom. The number of hydrogen-bond donors (Lipinski definition) is 2. The quantitative estimate of drug-likeness (QED) is 0.862. The molecule has 0 atom stereocenters. The smallest absolute Gasteiger partial charge is 0.305 e. The first kappa shape index (κ1) is 15.2. The van der Waals surface area contributed by atoms with Gasteiger partial charge in [0, 0.05) is 10.7 Å². The zero-order chi connectivity index (χ0) is 15.4. The lowest BCUT2D eigenvalue weighted by molar-refractivity contribution is -0.137. The van der Waals surface area contributed by atoms with Crippen LogP contribution in [0.1, 0.15) is 16.9 Å². The molecule has 2 N–H and O–H groups in total. The molecule has 6 nitrogen and oxygen atoms in total. The molecule has 0 fully saturated rings. The van der Waals surface area contributed by atoms with Gasteiger partial charge in [0.25, 0.3) is 5.91 Å². The Bertz CT molecular complexity index is 687. The third-order valence-electron chi connectivity index (χ3n) is 2.67. The van der Waals surface area contributed by atoms with Gasteiger partial charge >= 0.3 is 5.97 Å². The van der Waals surface area contributed by atoms with Crippen LogP contribution in [0.4, 0.5) is 10.1 Å². The Kier molecular flexibility index (Phi) is 4.69. The number of nitrogens with zero attached hydrogens (tertiary/aromatic N) is 2. The van der Waals surface area contributed by atoms with Gasteiger partial charge in [-0.3, -0.25) is 14.3 Å². The Morgan fingerprint density at radius 2 is 2.14 bits per heavy atom. The van der Waals surface area contributed by atoms with Crippen molar-refractivity contribution in [3.8, 4) is 0 Å². The zero-order valence-corrected chi connectivity index (χ0v) is 12.3. The molecule has 0 spiro atoms. The van der Waals surface area contributed by atoms with Gasteiger partial charge in [-0.15, -0.1) is 0 Å². The van der Waals surface area contributed by atoms with E-state index in [1.54, 1.807) is 6.07 Å². The number of aryl methyl sites for hydroxylation is 1. The summed E-state index contributed by atoms with van der Waals surface area (Å²) in [5, 5.41) is 14.9. The molecule has 21 heavy (non-hydrogen) atoms. The third kappa shape index (κ3) is 3.88.